The van der Waals surface area contributed by atoms with Gasteiger partial charge in [-0.15, -0.1) is 10.2 Å². The second-order valence-corrected chi connectivity index (χ2v) is 6.23. The Hall–Kier alpha value is -0.900. The number of hydrogen-bond donors (Lipinski definition) is 1. The first-order chi connectivity index (χ1) is 9.22. The van der Waals surface area contributed by atoms with Crippen LogP contribution in [0.3, 0.4) is 0 Å². The lowest BCUT2D eigenvalue weighted by Crippen LogP contribution is -2.17. The monoisotopic (exact) mass is 264 g/mol. The van der Waals surface area contributed by atoms with Gasteiger partial charge >= 0.3 is 0 Å². The van der Waals surface area contributed by atoms with Gasteiger partial charge < -0.3 is 10.3 Å². The molecule has 2 N–H and O–H groups in total. The standard InChI is InChI=1S/C15H28N4/c1-12(2)11-19-14(10-16)17-18-15(19)13-8-6-4-3-5-7-9-13/h12-13H,3-11,16H2,1-2H3. The van der Waals surface area contributed by atoms with Crippen molar-refractivity contribution >= 4 is 0 Å². The molecule has 0 radical (unpaired) electrons. The van der Waals surface area contributed by atoms with Crippen LogP contribution in [0.1, 0.15) is 76.4 Å². The first-order valence-corrected chi connectivity index (χ1v) is 7.84. The molecule has 0 saturated heterocycles. The average Bonchev–Trinajstić information content (AvgIpc) is 2.71. The summed E-state index contributed by atoms with van der Waals surface area (Å²) in [5, 5.41) is 8.77. The molecule has 1 heterocycles. The van der Waals surface area contributed by atoms with Crippen LogP contribution in [0.25, 0.3) is 0 Å². The predicted octanol–water partition coefficient (Wildman–Crippen LogP) is 3.22. The van der Waals surface area contributed by atoms with E-state index in [9.17, 15) is 0 Å². The fraction of sp³-hybridized carbons (Fsp3) is 0.867. The Morgan fingerprint density at radius 3 is 2.32 bits per heavy atom. The van der Waals surface area contributed by atoms with Crippen LogP contribution < -0.4 is 5.73 Å². The second kappa shape index (κ2) is 7.04. The smallest absolute Gasteiger partial charge is 0.146 e. The molecule has 1 fully saturated rings. The van der Waals surface area contributed by atoms with Crippen LogP contribution in [-0.2, 0) is 13.1 Å². The van der Waals surface area contributed by atoms with Gasteiger partial charge in [0, 0.05) is 12.5 Å². The molecule has 1 aliphatic rings. The molecule has 0 bridgehead atoms. The van der Waals surface area contributed by atoms with E-state index < -0.39 is 0 Å². The summed E-state index contributed by atoms with van der Waals surface area (Å²) in [7, 11) is 0. The van der Waals surface area contributed by atoms with Gasteiger partial charge in [-0.2, -0.15) is 0 Å². The average molecular weight is 264 g/mol. The number of rotatable bonds is 4. The zero-order valence-corrected chi connectivity index (χ0v) is 12.4. The van der Waals surface area contributed by atoms with E-state index in [0.29, 0.717) is 18.4 Å². The van der Waals surface area contributed by atoms with Crippen LogP contribution in [0.4, 0.5) is 0 Å². The van der Waals surface area contributed by atoms with Crippen molar-refractivity contribution in [1.29, 1.82) is 0 Å². The molecule has 4 nitrogen and oxygen atoms in total. The first-order valence-electron chi connectivity index (χ1n) is 7.84. The summed E-state index contributed by atoms with van der Waals surface area (Å²) in [4.78, 5) is 0. The molecule has 2 rings (SSSR count). The summed E-state index contributed by atoms with van der Waals surface area (Å²) in [5.41, 5.74) is 5.80. The number of aromatic nitrogens is 3. The zero-order chi connectivity index (χ0) is 13.7. The fourth-order valence-electron chi connectivity index (χ4n) is 3.08. The highest BCUT2D eigenvalue weighted by Crippen LogP contribution is 2.30. The normalized spacial score (nSPS) is 18.5. The van der Waals surface area contributed by atoms with E-state index in [1.54, 1.807) is 0 Å². The fourth-order valence-corrected chi connectivity index (χ4v) is 3.08. The summed E-state index contributed by atoms with van der Waals surface area (Å²) in [5.74, 6) is 3.34. The maximum Gasteiger partial charge on any atom is 0.146 e. The number of nitrogens with two attached hydrogens (primary N) is 1. The van der Waals surface area contributed by atoms with Crippen molar-refractivity contribution in [3.63, 3.8) is 0 Å². The maximum absolute atomic E-state index is 5.80. The van der Waals surface area contributed by atoms with Crippen LogP contribution in [0, 0.1) is 5.92 Å². The van der Waals surface area contributed by atoms with Gasteiger partial charge in [0.1, 0.15) is 11.6 Å². The van der Waals surface area contributed by atoms with E-state index in [4.69, 9.17) is 5.73 Å². The quantitative estimate of drug-likeness (QED) is 0.908. The lowest BCUT2D eigenvalue weighted by Gasteiger charge is -2.21. The summed E-state index contributed by atoms with van der Waals surface area (Å²) in [6.45, 7) is 5.96. The van der Waals surface area contributed by atoms with Crippen molar-refractivity contribution in [3.05, 3.63) is 11.6 Å². The molecular weight excluding hydrogens is 236 g/mol. The minimum absolute atomic E-state index is 0.492. The first kappa shape index (κ1) is 14.5. The van der Waals surface area contributed by atoms with Gasteiger partial charge in [-0.25, -0.2) is 0 Å². The van der Waals surface area contributed by atoms with Gasteiger partial charge in [-0.05, 0) is 18.8 Å². The van der Waals surface area contributed by atoms with Crippen LogP contribution in [-0.4, -0.2) is 14.8 Å². The summed E-state index contributed by atoms with van der Waals surface area (Å²) in [6, 6.07) is 0. The molecule has 108 valence electrons. The van der Waals surface area contributed by atoms with Crippen molar-refractivity contribution in [1.82, 2.24) is 14.8 Å². The molecule has 0 aromatic carbocycles. The lowest BCUT2D eigenvalue weighted by molar-refractivity contribution is 0.412. The van der Waals surface area contributed by atoms with Crippen molar-refractivity contribution in [2.24, 2.45) is 11.7 Å². The van der Waals surface area contributed by atoms with E-state index in [1.165, 1.54) is 50.8 Å². The molecule has 0 amide bonds. The van der Waals surface area contributed by atoms with Crippen LogP contribution in [0.5, 0.6) is 0 Å². The molecule has 0 spiro atoms. The van der Waals surface area contributed by atoms with Crippen molar-refractivity contribution in [2.45, 2.75) is 77.8 Å². The van der Waals surface area contributed by atoms with Gasteiger partial charge in [0.05, 0.1) is 6.54 Å². The van der Waals surface area contributed by atoms with Gasteiger partial charge in [0.2, 0.25) is 0 Å². The van der Waals surface area contributed by atoms with E-state index in [1.807, 2.05) is 0 Å². The van der Waals surface area contributed by atoms with Gasteiger partial charge in [-0.3, -0.25) is 0 Å². The molecule has 1 aromatic rings. The largest absolute Gasteiger partial charge is 0.324 e. The third kappa shape index (κ3) is 3.78. The molecule has 0 atom stereocenters. The summed E-state index contributed by atoms with van der Waals surface area (Å²) in [6.07, 6.45) is 9.34. The minimum Gasteiger partial charge on any atom is -0.324 e. The van der Waals surface area contributed by atoms with Gasteiger partial charge in [0.15, 0.2) is 0 Å². The molecular formula is C15H28N4. The zero-order valence-electron chi connectivity index (χ0n) is 12.4. The number of nitrogens with zero attached hydrogens (tertiary/aromatic N) is 3. The maximum atomic E-state index is 5.80. The van der Waals surface area contributed by atoms with Gasteiger partial charge in [0.25, 0.3) is 0 Å². The highest BCUT2D eigenvalue weighted by Gasteiger charge is 2.21. The molecule has 1 saturated carbocycles. The number of hydrogen-bond acceptors (Lipinski definition) is 3. The van der Waals surface area contributed by atoms with Crippen molar-refractivity contribution < 1.29 is 0 Å². The minimum atomic E-state index is 0.492. The molecule has 0 unspecified atom stereocenters. The Balaban J connectivity index is 2.18. The topological polar surface area (TPSA) is 56.7 Å². The van der Waals surface area contributed by atoms with Crippen LogP contribution in [0.15, 0.2) is 0 Å². The molecule has 0 aliphatic heterocycles. The van der Waals surface area contributed by atoms with Gasteiger partial charge in [-0.1, -0.05) is 46.0 Å². The Labute approximate surface area is 116 Å². The third-order valence-corrected chi connectivity index (χ3v) is 4.06. The highest BCUT2D eigenvalue weighted by molar-refractivity contribution is 5.03. The van der Waals surface area contributed by atoms with Crippen molar-refractivity contribution in [3.8, 4) is 0 Å². The SMILES string of the molecule is CC(C)Cn1c(CN)nnc1C1CCCCCCC1. The highest BCUT2D eigenvalue weighted by atomic mass is 15.3. The Morgan fingerprint density at radius 2 is 1.74 bits per heavy atom. The Bertz CT molecular complexity index is 375. The van der Waals surface area contributed by atoms with E-state index in [2.05, 4.69) is 28.6 Å². The third-order valence-electron chi connectivity index (χ3n) is 4.06. The van der Waals surface area contributed by atoms with Crippen LogP contribution in [0.2, 0.25) is 0 Å². The van der Waals surface area contributed by atoms with Crippen molar-refractivity contribution in [2.75, 3.05) is 0 Å². The van der Waals surface area contributed by atoms with Crippen LogP contribution >= 0.6 is 0 Å². The molecule has 1 aromatic heterocycles. The summed E-state index contributed by atoms with van der Waals surface area (Å²) >= 11 is 0. The van der Waals surface area contributed by atoms with E-state index >= 15 is 0 Å². The summed E-state index contributed by atoms with van der Waals surface area (Å²) < 4.78 is 2.29. The second-order valence-electron chi connectivity index (χ2n) is 6.23. The Morgan fingerprint density at radius 1 is 1.11 bits per heavy atom. The Kier molecular flexibility index (Phi) is 5.37. The predicted molar refractivity (Wildman–Crippen MR) is 77.8 cm³/mol. The molecule has 19 heavy (non-hydrogen) atoms. The lowest BCUT2D eigenvalue weighted by atomic mass is 9.90. The van der Waals surface area contributed by atoms with E-state index in [0.717, 1.165) is 12.4 Å². The molecule has 4 heteroatoms. The molecule has 1 aliphatic carbocycles. The van der Waals surface area contributed by atoms with E-state index in [-0.39, 0.29) is 0 Å².